The van der Waals surface area contributed by atoms with Crippen LogP contribution in [-0.2, 0) is 11.3 Å². The third kappa shape index (κ3) is 5.85. The molecule has 0 aliphatic rings. The van der Waals surface area contributed by atoms with E-state index in [0.29, 0.717) is 29.0 Å². The lowest BCUT2D eigenvalue weighted by Gasteiger charge is -2.16. The molecule has 0 fully saturated rings. The molecule has 7 nitrogen and oxygen atoms in total. The number of rotatable bonds is 10. The maximum atomic E-state index is 13.9. The molecule has 0 spiro atoms. The third-order valence-corrected chi connectivity index (χ3v) is 5.27. The van der Waals surface area contributed by atoms with Crippen molar-refractivity contribution in [3.05, 3.63) is 72.6 Å². The van der Waals surface area contributed by atoms with Crippen LogP contribution in [-0.4, -0.2) is 33.5 Å². The standard InChI is InChI=1S/C22H22F2N4O3S/c1-4-10-28-21(14(2)31-19-9-8-15(23)11-18(19)24)26-27-22(28)32-13-20(29)25-16-6-5-7-17(12-16)30-3/h4-9,11-12,14H,1,10,13H2,2-3H3,(H,25,29). The number of amides is 1. The summed E-state index contributed by atoms with van der Waals surface area (Å²) in [6.07, 6.45) is 0.973. The van der Waals surface area contributed by atoms with Crippen molar-refractivity contribution in [2.24, 2.45) is 0 Å². The van der Waals surface area contributed by atoms with Gasteiger partial charge in [0.25, 0.3) is 0 Å². The molecular weight excluding hydrogens is 438 g/mol. The monoisotopic (exact) mass is 460 g/mol. The lowest BCUT2D eigenvalue weighted by molar-refractivity contribution is -0.113. The van der Waals surface area contributed by atoms with Crippen LogP contribution in [0.1, 0.15) is 18.9 Å². The van der Waals surface area contributed by atoms with Gasteiger partial charge in [-0.3, -0.25) is 9.36 Å². The quantitative estimate of drug-likeness (QED) is 0.351. The van der Waals surface area contributed by atoms with Gasteiger partial charge < -0.3 is 14.8 Å². The van der Waals surface area contributed by atoms with Crippen molar-refractivity contribution < 1.29 is 23.0 Å². The zero-order chi connectivity index (χ0) is 23.1. The average molecular weight is 461 g/mol. The molecule has 1 aromatic heterocycles. The lowest BCUT2D eigenvalue weighted by atomic mass is 10.3. The summed E-state index contributed by atoms with van der Waals surface area (Å²) in [5, 5.41) is 11.6. The Labute approximate surface area is 188 Å². The minimum atomic E-state index is -0.810. The van der Waals surface area contributed by atoms with E-state index in [1.807, 2.05) is 0 Å². The largest absolute Gasteiger partial charge is 0.497 e. The van der Waals surface area contributed by atoms with Gasteiger partial charge in [0, 0.05) is 24.4 Å². The van der Waals surface area contributed by atoms with Crippen LogP contribution in [0.4, 0.5) is 14.5 Å². The molecule has 1 amide bonds. The van der Waals surface area contributed by atoms with Crippen LogP contribution in [0.25, 0.3) is 0 Å². The van der Waals surface area contributed by atoms with Gasteiger partial charge in [0.1, 0.15) is 11.6 Å². The number of hydrogen-bond acceptors (Lipinski definition) is 6. The molecule has 2 aromatic carbocycles. The van der Waals surface area contributed by atoms with Crippen molar-refractivity contribution in [1.82, 2.24) is 14.8 Å². The molecule has 0 bridgehead atoms. The predicted molar refractivity (Wildman–Crippen MR) is 118 cm³/mol. The number of carbonyl (C=O) groups is 1. The highest BCUT2D eigenvalue weighted by atomic mass is 32.2. The van der Waals surface area contributed by atoms with Gasteiger partial charge in [0.05, 0.1) is 12.9 Å². The molecule has 1 unspecified atom stereocenters. The second-order valence-electron chi connectivity index (χ2n) is 6.64. The van der Waals surface area contributed by atoms with Gasteiger partial charge in [0.2, 0.25) is 5.91 Å². The van der Waals surface area contributed by atoms with Gasteiger partial charge in [-0.1, -0.05) is 23.9 Å². The van der Waals surface area contributed by atoms with Crippen molar-refractivity contribution in [3.8, 4) is 11.5 Å². The van der Waals surface area contributed by atoms with E-state index in [1.165, 1.54) is 17.8 Å². The molecule has 1 atom stereocenters. The van der Waals surface area contributed by atoms with Crippen LogP contribution in [0.3, 0.4) is 0 Å². The average Bonchev–Trinajstić information content (AvgIpc) is 3.17. The van der Waals surface area contributed by atoms with Crippen molar-refractivity contribution in [3.63, 3.8) is 0 Å². The number of allylic oxidation sites excluding steroid dienone is 1. The highest BCUT2D eigenvalue weighted by Crippen LogP contribution is 2.27. The molecule has 1 heterocycles. The van der Waals surface area contributed by atoms with E-state index in [1.54, 1.807) is 48.9 Å². The summed E-state index contributed by atoms with van der Waals surface area (Å²) in [5.74, 6) is -0.677. The third-order valence-electron chi connectivity index (χ3n) is 4.30. The zero-order valence-corrected chi connectivity index (χ0v) is 18.4. The topological polar surface area (TPSA) is 78.3 Å². The Kier molecular flexibility index (Phi) is 7.82. The first-order chi connectivity index (χ1) is 15.4. The molecule has 3 aromatic rings. The summed E-state index contributed by atoms with van der Waals surface area (Å²) in [6.45, 7) is 5.77. The minimum Gasteiger partial charge on any atom is -0.497 e. The second kappa shape index (κ2) is 10.8. The summed E-state index contributed by atoms with van der Waals surface area (Å²) >= 11 is 1.19. The minimum absolute atomic E-state index is 0.0916. The van der Waals surface area contributed by atoms with E-state index in [0.717, 1.165) is 12.1 Å². The molecule has 0 radical (unpaired) electrons. The molecule has 0 saturated heterocycles. The van der Waals surface area contributed by atoms with Gasteiger partial charge in [0.15, 0.2) is 28.7 Å². The second-order valence-corrected chi connectivity index (χ2v) is 7.59. The first-order valence-electron chi connectivity index (χ1n) is 9.63. The van der Waals surface area contributed by atoms with E-state index in [2.05, 4.69) is 22.1 Å². The summed E-state index contributed by atoms with van der Waals surface area (Å²) in [5.41, 5.74) is 0.617. The number of aromatic nitrogens is 3. The fourth-order valence-corrected chi connectivity index (χ4v) is 3.60. The fourth-order valence-electron chi connectivity index (χ4n) is 2.85. The molecule has 3 rings (SSSR count). The smallest absolute Gasteiger partial charge is 0.234 e. The number of ether oxygens (including phenoxy) is 2. The van der Waals surface area contributed by atoms with E-state index in [-0.39, 0.29) is 17.4 Å². The van der Waals surface area contributed by atoms with Gasteiger partial charge in [-0.2, -0.15) is 0 Å². The van der Waals surface area contributed by atoms with Crippen LogP contribution < -0.4 is 14.8 Å². The highest BCUT2D eigenvalue weighted by Gasteiger charge is 2.21. The Morgan fingerprint density at radius 3 is 2.81 bits per heavy atom. The molecule has 0 saturated carbocycles. The number of thioether (sulfide) groups is 1. The van der Waals surface area contributed by atoms with E-state index in [4.69, 9.17) is 9.47 Å². The first kappa shape index (κ1) is 23.3. The molecular formula is C22H22F2N4O3S. The van der Waals surface area contributed by atoms with Crippen molar-refractivity contribution in [1.29, 1.82) is 0 Å². The fraction of sp³-hybridized carbons (Fsp3) is 0.227. The number of nitrogens with one attached hydrogen (secondary N) is 1. The van der Waals surface area contributed by atoms with E-state index >= 15 is 0 Å². The molecule has 10 heteroatoms. The van der Waals surface area contributed by atoms with Crippen LogP contribution in [0.5, 0.6) is 11.5 Å². The SMILES string of the molecule is C=CCn1c(SCC(=O)Nc2cccc(OC)c2)nnc1C(C)Oc1ccc(F)cc1F. The number of carbonyl (C=O) groups excluding carboxylic acids is 1. The summed E-state index contributed by atoms with van der Waals surface area (Å²) < 4.78 is 39.5. The van der Waals surface area contributed by atoms with Crippen molar-refractivity contribution in [2.45, 2.75) is 24.7 Å². The first-order valence-corrected chi connectivity index (χ1v) is 10.6. The Hall–Kier alpha value is -3.40. The maximum Gasteiger partial charge on any atom is 0.234 e. The Morgan fingerprint density at radius 1 is 1.28 bits per heavy atom. The van der Waals surface area contributed by atoms with E-state index < -0.39 is 17.7 Å². The Morgan fingerprint density at radius 2 is 2.09 bits per heavy atom. The molecule has 168 valence electrons. The number of methoxy groups -OCH3 is 1. The Balaban J connectivity index is 1.68. The van der Waals surface area contributed by atoms with Gasteiger partial charge >= 0.3 is 0 Å². The predicted octanol–water partition coefficient (Wildman–Crippen LogP) is 4.62. The van der Waals surface area contributed by atoms with Gasteiger partial charge in [-0.25, -0.2) is 8.78 Å². The zero-order valence-electron chi connectivity index (χ0n) is 17.5. The maximum absolute atomic E-state index is 13.9. The van der Waals surface area contributed by atoms with E-state index in [9.17, 15) is 13.6 Å². The van der Waals surface area contributed by atoms with Crippen molar-refractivity contribution >= 4 is 23.4 Å². The number of hydrogen-bond donors (Lipinski definition) is 1. The van der Waals surface area contributed by atoms with Crippen LogP contribution in [0, 0.1) is 11.6 Å². The van der Waals surface area contributed by atoms with Crippen LogP contribution >= 0.6 is 11.8 Å². The summed E-state index contributed by atoms with van der Waals surface area (Å²) in [6, 6.07) is 10.1. The normalized spacial score (nSPS) is 11.6. The summed E-state index contributed by atoms with van der Waals surface area (Å²) in [7, 11) is 1.55. The lowest BCUT2D eigenvalue weighted by Crippen LogP contribution is -2.15. The number of anilines is 1. The number of nitrogens with zero attached hydrogens (tertiary/aromatic N) is 3. The Bertz CT molecular complexity index is 1110. The number of benzene rings is 2. The molecule has 32 heavy (non-hydrogen) atoms. The molecule has 0 aliphatic heterocycles. The molecule has 1 N–H and O–H groups in total. The summed E-state index contributed by atoms with van der Waals surface area (Å²) in [4.78, 5) is 12.4. The van der Waals surface area contributed by atoms with Crippen LogP contribution in [0.15, 0.2) is 60.3 Å². The van der Waals surface area contributed by atoms with Gasteiger partial charge in [-0.15, -0.1) is 16.8 Å². The van der Waals surface area contributed by atoms with Crippen molar-refractivity contribution in [2.75, 3.05) is 18.2 Å². The van der Waals surface area contributed by atoms with Gasteiger partial charge in [-0.05, 0) is 31.2 Å². The molecule has 0 aliphatic carbocycles. The van der Waals surface area contributed by atoms with Crippen LogP contribution in [0.2, 0.25) is 0 Å². The highest BCUT2D eigenvalue weighted by molar-refractivity contribution is 7.99. The number of halogens is 2.